The van der Waals surface area contributed by atoms with Crippen molar-refractivity contribution in [2.24, 2.45) is 0 Å². The first-order valence-electron chi connectivity index (χ1n) is 4.62. The van der Waals surface area contributed by atoms with Gasteiger partial charge in [-0.25, -0.2) is 0 Å². The van der Waals surface area contributed by atoms with Gasteiger partial charge in [0.2, 0.25) is 10.1 Å². The van der Waals surface area contributed by atoms with E-state index in [0.29, 0.717) is 15.8 Å². The third-order valence-corrected chi connectivity index (χ3v) is 3.17. The largest absolute Gasteiger partial charge is 0.363 e. The van der Waals surface area contributed by atoms with E-state index in [1.807, 2.05) is 0 Å². The van der Waals surface area contributed by atoms with Gasteiger partial charge in [0.25, 0.3) is 5.91 Å². The van der Waals surface area contributed by atoms with E-state index in [1.54, 1.807) is 25.5 Å². The van der Waals surface area contributed by atoms with Crippen molar-refractivity contribution in [2.45, 2.75) is 0 Å². The molecule has 0 aliphatic heterocycles. The maximum atomic E-state index is 11.8. The van der Waals surface area contributed by atoms with Crippen LogP contribution in [0.3, 0.4) is 0 Å². The molecular weight excluding hydrogens is 306 g/mol. The van der Waals surface area contributed by atoms with Crippen molar-refractivity contribution >= 4 is 44.0 Å². The number of nitrogens with zero attached hydrogens (tertiary/aromatic N) is 3. The lowest BCUT2D eigenvalue weighted by atomic mass is 10.4. The van der Waals surface area contributed by atoms with Gasteiger partial charge < -0.3 is 10.6 Å². The van der Waals surface area contributed by atoms with Crippen molar-refractivity contribution in [3.63, 3.8) is 0 Å². The van der Waals surface area contributed by atoms with Crippen LogP contribution in [0.4, 0.5) is 10.8 Å². The van der Waals surface area contributed by atoms with Crippen LogP contribution >= 0.6 is 27.3 Å². The summed E-state index contributed by atoms with van der Waals surface area (Å²) in [6.45, 7) is 0. The number of hydrogen-bond acceptors (Lipinski definition) is 6. The SMILES string of the molecule is CNc1nnc(C(=O)Nc2cncc(Br)c2)s1. The average molecular weight is 314 g/mol. The van der Waals surface area contributed by atoms with Gasteiger partial charge in [0.1, 0.15) is 0 Å². The lowest BCUT2D eigenvalue weighted by Gasteiger charge is -2.01. The molecule has 2 aromatic rings. The number of nitrogens with one attached hydrogen (secondary N) is 2. The van der Waals surface area contributed by atoms with Crippen LogP contribution in [-0.4, -0.2) is 28.1 Å². The normalized spacial score (nSPS) is 10.0. The minimum absolute atomic E-state index is 0.300. The van der Waals surface area contributed by atoms with Crippen LogP contribution in [0, 0.1) is 0 Å². The lowest BCUT2D eigenvalue weighted by Crippen LogP contribution is -2.11. The highest BCUT2D eigenvalue weighted by molar-refractivity contribution is 9.10. The van der Waals surface area contributed by atoms with Crippen molar-refractivity contribution in [3.8, 4) is 0 Å². The number of carbonyl (C=O) groups is 1. The van der Waals surface area contributed by atoms with Crippen molar-refractivity contribution in [1.29, 1.82) is 0 Å². The predicted molar refractivity (Wildman–Crippen MR) is 69.3 cm³/mol. The first kappa shape index (κ1) is 11.9. The Morgan fingerprint density at radius 3 is 2.88 bits per heavy atom. The fourth-order valence-corrected chi connectivity index (χ4v) is 2.04. The molecule has 0 aliphatic rings. The molecular formula is C9H8BrN5OS. The first-order chi connectivity index (χ1) is 8.19. The molecule has 0 saturated heterocycles. The van der Waals surface area contributed by atoms with E-state index in [0.717, 1.165) is 4.47 Å². The molecule has 2 aromatic heterocycles. The highest BCUT2D eigenvalue weighted by Crippen LogP contribution is 2.17. The second kappa shape index (κ2) is 5.19. The summed E-state index contributed by atoms with van der Waals surface area (Å²) in [4.78, 5) is 15.7. The molecule has 0 radical (unpaired) electrons. The number of aromatic nitrogens is 3. The molecule has 88 valence electrons. The van der Waals surface area contributed by atoms with Crippen molar-refractivity contribution in [3.05, 3.63) is 27.9 Å². The van der Waals surface area contributed by atoms with Gasteiger partial charge in [-0.1, -0.05) is 11.3 Å². The van der Waals surface area contributed by atoms with E-state index in [-0.39, 0.29) is 5.91 Å². The fourth-order valence-electron chi connectivity index (χ4n) is 1.08. The Labute approximate surface area is 110 Å². The minimum atomic E-state index is -0.302. The molecule has 0 bridgehead atoms. The monoisotopic (exact) mass is 313 g/mol. The lowest BCUT2D eigenvalue weighted by molar-refractivity contribution is 0.102. The van der Waals surface area contributed by atoms with Crippen molar-refractivity contribution in [1.82, 2.24) is 15.2 Å². The second-order valence-corrected chi connectivity index (χ2v) is 4.90. The molecule has 0 aromatic carbocycles. The van der Waals surface area contributed by atoms with E-state index >= 15 is 0 Å². The topological polar surface area (TPSA) is 79.8 Å². The molecule has 1 amide bonds. The van der Waals surface area contributed by atoms with Gasteiger partial charge in [-0.3, -0.25) is 9.78 Å². The summed E-state index contributed by atoms with van der Waals surface area (Å²) in [5.41, 5.74) is 0.602. The number of rotatable bonds is 3. The number of anilines is 2. The van der Waals surface area contributed by atoms with Crippen LogP contribution < -0.4 is 10.6 Å². The quantitative estimate of drug-likeness (QED) is 0.906. The molecule has 0 saturated carbocycles. The molecule has 2 N–H and O–H groups in total. The maximum Gasteiger partial charge on any atom is 0.286 e. The van der Waals surface area contributed by atoms with E-state index in [2.05, 4.69) is 41.7 Å². The Balaban J connectivity index is 2.11. The Bertz CT molecular complexity index is 544. The van der Waals surface area contributed by atoms with Gasteiger partial charge in [-0.15, -0.1) is 10.2 Å². The van der Waals surface area contributed by atoms with Gasteiger partial charge in [0.05, 0.1) is 11.9 Å². The molecule has 2 rings (SSSR count). The van der Waals surface area contributed by atoms with E-state index in [9.17, 15) is 4.79 Å². The van der Waals surface area contributed by atoms with Gasteiger partial charge >= 0.3 is 0 Å². The van der Waals surface area contributed by atoms with Gasteiger partial charge in [-0.05, 0) is 22.0 Å². The Morgan fingerprint density at radius 2 is 2.24 bits per heavy atom. The van der Waals surface area contributed by atoms with Crippen LogP contribution in [0.5, 0.6) is 0 Å². The van der Waals surface area contributed by atoms with Crippen LogP contribution in [0.2, 0.25) is 0 Å². The summed E-state index contributed by atoms with van der Waals surface area (Å²) in [7, 11) is 1.72. The molecule has 8 heteroatoms. The number of pyridine rings is 1. The maximum absolute atomic E-state index is 11.8. The zero-order valence-electron chi connectivity index (χ0n) is 8.77. The van der Waals surface area contributed by atoms with Crippen LogP contribution in [0.15, 0.2) is 22.9 Å². The van der Waals surface area contributed by atoms with Gasteiger partial charge in [0.15, 0.2) is 0 Å². The highest BCUT2D eigenvalue weighted by atomic mass is 79.9. The summed E-state index contributed by atoms with van der Waals surface area (Å²) >= 11 is 4.46. The Kier molecular flexibility index (Phi) is 3.64. The number of hydrogen-bond donors (Lipinski definition) is 2. The zero-order valence-corrected chi connectivity index (χ0v) is 11.2. The Hall–Kier alpha value is -1.54. The van der Waals surface area contributed by atoms with Crippen LogP contribution in [0.1, 0.15) is 9.80 Å². The highest BCUT2D eigenvalue weighted by Gasteiger charge is 2.12. The first-order valence-corrected chi connectivity index (χ1v) is 6.23. The number of carbonyl (C=O) groups excluding carboxylic acids is 1. The van der Waals surface area contributed by atoms with Gasteiger partial charge in [-0.2, -0.15) is 0 Å². The van der Waals surface area contributed by atoms with Crippen LogP contribution in [0.25, 0.3) is 0 Å². The zero-order chi connectivity index (χ0) is 12.3. The standard InChI is InChI=1S/C9H8BrN5OS/c1-11-9-15-14-8(17-9)7(16)13-6-2-5(10)3-12-4-6/h2-4H,1H3,(H,11,15)(H,13,16). The molecule has 0 atom stereocenters. The number of halogens is 1. The van der Waals surface area contributed by atoms with Crippen molar-refractivity contribution in [2.75, 3.05) is 17.7 Å². The summed E-state index contributed by atoms with van der Waals surface area (Å²) in [5, 5.41) is 14.0. The van der Waals surface area contributed by atoms with Gasteiger partial charge in [0, 0.05) is 17.7 Å². The van der Waals surface area contributed by atoms with E-state index in [4.69, 9.17) is 0 Å². The molecule has 17 heavy (non-hydrogen) atoms. The summed E-state index contributed by atoms with van der Waals surface area (Å²) < 4.78 is 0.795. The molecule has 2 heterocycles. The van der Waals surface area contributed by atoms with E-state index < -0.39 is 0 Å². The molecule has 0 spiro atoms. The summed E-state index contributed by atoms with van der Waals surface area (Å²) in [6, 6.07) is 1.75. The molecule has 0 fully saturated rings. The Morgan fingerprint density at radius 1 is 1.41 bits per heavy atom. The predicted octanol–water partition coefficient (Wildman–Crippen LogP) is 1.99. The molecule has 6 nitrogen and oxygen atoms in total. The summed E-state index contributed by atoms with van der Waals surface area (Å²) in [5.74, 6) is -0.302. The summed E-state index contributed by atoms with van der Waals surface area (Å²) in [6.07, 6.45) is 3.20. The van der Waals surface area contributed by atoms with E-state index in [1.165, 1.54) is 11.3 Å². The third-order valence-electron chi connectivity index (χ3n) is 1.80. The third kappa shape index (κ3) is 2.98. The molecule has 0 aliphatic carbocycles. The van der Waals surface area contributed by atoms with Crippen molar-refractivity contribution < 1.29 is 4.79 Å². The smallest absolute Gasteiger partial charge is 0.286 e. The minimum Gasteiger partial charge on any atom is -0.363 e. The molecule has 0 unspecified atom stereocenters. The number of amides is 1. The van der Waals surface area contributed by atoms with Crippen LogP contribution in [-0.2, 0) is 0 Å². The second-order valence-electron chi connectivity index (χ2n) is 3.01. The average Bonchev–Trinajstić information content (AvgIpc) is 2.77. The fraction of sp³-hybridized carbons (Fsp3) is 0.111.